The molecule has 0 bridgehead atoms. The zero-order valence-corrected chi connectivity index (χ0v) is 11.7. The van der Waals surface area contributed by atoms with Crippen LogP contribution in [0, 0.1) is 11.3 Å². The van der Waals surface area contributed by atoms with Crippen molar-refractivity contribution in [2.45, 2.75) is 12.3 Å². The number of aryl methyl sites for hydroxylation is 1. The Labute approximate surface area is 118 Å². The second-order valence-electron chi connectivity index (χ2n) is 5.27. The average molecular weight is 260 g/mol. The highest BCUT2D eigenvalue weighted by atomic mass is 14.9. The normalized spacial score (nSPS) is 13.8. The molecule has 1 heterocycles. The molecular weight excluding hydrogens is 244 g/mol. The minimum Gasteiger partial charge on any atom is -0.350 e. The molecule has 0 saturated carbocycles. The molecule has 98 valence electrons. The van der Waals surface area contributed by atoms with E-state index >= 15 is 0 Å². The number of rotatable bonds is 2. The highest BCUT2D eigenvalue weighted by Crippen LogP contribution is 2.36. The van der Waals surface area contributed by atoms with Gasteiger partial charge in [0.25, 0.3) is 0 Å². The van der Waals surface area contributed by atoms with Gasteiger partial charge < -0.3 is 4.57 Å². The molecule has 20 heavy (non-hydrogen) atoms. The van der Waals surface area contributed by atoms with Crippen LogP contribution in [0.1, 0.15) is 18.1 Å². The van der Waals surface area contributed by atoms with E-state index in [4.69, 9.17) is 0 Å². The molecule has 0 radical (unpaired) electrons. The lowest BCUT2D eigenvalue weighted by Gasteiger charge is -2.21. The van der Waals surface area contributed by atoms with E-state index in [2.05, 4.69) is 29.0 Å². The first-order valence-corrected chi connectivity index (χ1v) is 6.68. The second kappa shape index (κ2) is 4.54. The van der Waals surface area contributed by atoms with Gasteiger partial charge >= 0.3 is 0 Å². The maximum absolute atomic E-state index is 9.80. The van der Waals surface area contributed by atoms with Crippen LogP contribution < -0.4 is 0 Å². The van der Waals surface area contributed by atoms with Crippen molar-refractivity contribution in [3.8, 4) is 6.07 Å². The monoisotopic (exact) mass is 260 g/mol. The summed E-state index contributed by atoms with van der Waals surface area (Å²) in [4.78, 5) is 0. The molecule has 0 aliphatic carbocycles. The van der Waals surface area contributed by atoms with E-state index in [0.29, 0.717) is 0 Å². The largest absolute Gasteiger partial charge is 0.350 e. The topological polar surface area (TPSA) is 28.7 Å². The summed E-state index contributed by atoms with van der Waals surface area (Å²) in [7, 11) is 2.02. The van der Waals surface area contributed by atoms with Crippen molar-refractivity contribution >= 4 is 10.9 Å². The molecule has 3 aromatic rings. The fourth-order valence-electron chi connectivity index (χ4n) is 2.79. The third-order valence-corrected chi connectivity index (χ3v) is 4.01. The zero-order valence-electron chi connectivity index (χ0n) is 11.7. The summed E-state index contributed by atoms with van der Waals surface area (Å²) in [6.45, 7) is 1.99. The molecular formula is C18H16N2. The van der Waals surface area contributed by atoms with Crippen molar-refractivity contribution in [2.75, 3.05) is 0 Å². The minimum atomic E-state index is -0.637. The number of nitrogens with zero attached hydrogens (tertiary/aromatic N) is 2. The Balaban J connectivity index is 2.31. The number of hydrogen-bond acceptors (Lipinski definition) is 1. The number of aromatic nitrogens is 1. The molecule has 0 amide bonds. The first-order chi connectivity index (χ1) is 9.66. The average Bonchev–Trinajstić information content (AvgIpc) is 2.85. The van der Waals surface area contributed by atoms with E-state index in [0.717, 1.165) is 22.0 Å². The highest BCUT2D eigenvalue weighted by Gasteiger charge is 2.31. The Morgan fingerprint density at radius 1 is 1.00 bits per heavy atom. The molecule has 2 heteroatoms. The van der Waals surface area contributed by atoms with Gasteiger partial charge in [0.05, 0.1) is 6.07 Å². The van der Waals surface area contributed by atoms with E-state index in [1.165, 1.54) is 0 Å². The SMILES string of the molecule is Cn1cc(C(C)(C#N)c2ccccc2)c2ccccc21. The summed E-state index contributed by atoms with van der Waals surface area (Å²) in [6.07, 6.45) is 2.07. The molecule has 1 aromatic heterocycles. The van der Waals surface area contributed by atoms with E-state index < -0.39 is 5.41 Å². The van der Waals surface area contributed by atoms with Crippen LogP contribution in [-0.2, 0) is 12.5 Å². The maximum atomic E-state index is 9.80. The van der Waals surface area contributed by atoms with Crippen molar-refractivity contribution in [1.82, 2.24) is 4.57 Å². The maximum Gasteiger partial charge on any atom is 0.106 e. The van der Waals surface area contributed by atoms with Crippen LogP contribution >= 0.6 is 0 Å². The zero-order chi connectivity index (χ0) is 14.2. The Bertz CT molecular complexity index is 793. The number of fused-ring (bicyclic) bond motifs is 1. The molecule has 3 rings (SSSR count). The van der Waals surface area contributed by atoms with Gasteiger partial charge in [-0.2, -0.15) is 5.26 Å². The van der Waals surface area contributed by atoms with Crippen LogP contribution in [0.15, 0.2) is 60.8 Å². The Hall–Kier alpha value is -2.53. The second-order valence-corrected chi connectivity index (χ2v) is 5.27. The Morgan fingerprint density at radius 2 is 1.65 bits per heavy atom. The number of nitriles is 1. The Kier molecular flexibility index (Phi) is 2.84. The van der Waals surface area contributed by atoms with Crippen LogP contribution in [0.3, 0.4) is 0 Å². The van der Waals surface area contributed by atoms with Crippen LogP contribution in [0.4, 0.5) is 0 Å². The first kappa shape index (κ1) is 12.5. The number of hydrogen-bond donors (Lipinski definition) is 0. The molecule has 0 aliphatic rings. The van der Waals surface area contributed by atoms with Gasteiger partial charge in [-0.1, -0.05) is 48.5 Å². The summed E-state index contributed by atoms with van der Waals surface area (Å²) in [5.74, 6) is 0. The molecule has 2 aromatic carbocycles. The van der Waals surface area contributed by atoms with Crippen molar-refractivity contribution in [3.63, 3.8) is 0 Å². The summed E-state index contributed by atoms with van der Waals surface area (Å²) in [5, 5.41) is 10.9. The van der Waals surface area contributed by atoms with Crippen molar-refractivity contribution in [1.29, 1.82) is 5.26 Å². The van der Waals surface area contributed by atoms with Gasteiger partial charge in [0.1, 0.15) is 5.41 Å². The van der Waals surface area contributed by atoms with Crippen molar-refractivity contribution < 1.29 is 0 Å². The van der Waals surface area contributed by atoms with Gasteiger partial charge in [0.15, 0.2) is 0 Å². The van der Waals surface area contributed by atoms with E-state index in [-0.39, 0.29) is 0 Å². The Morgan fingerprint density at radius 3 is 2.35 bits per heavy atom. The first-order valence-electron chi connectivity index (χ1n) is 6.68. The van der Waals surface area contributed by atoms with Gasteiger partial charge in [-0.25, -0.2) is 0 Å². The fraction of sp³-hybridized carbons (Fsp3) is 0.167. The third-order valence-electron chi connectivity index (χ3n) is 4.01. The van der Waals surface area contributed by atoms with Crippen LogP contribution in [0.25, 0.3) is 10.9 Å². The molecule has 0 saturated heterocycles. The van der Waals surface area contributed by atoms with Gasteiger partial charge in [0, 0.05) is 29.7 Å². The van der Waals surface area contributed by atoms with Gasteiger partial charge in [-0.3, -0.25) is 0 Å². The van der Waals surface area contributed by atoms with Gasteiger partial charge in [-0.15, -0.1) is 0 Å². The quantitative estimate of drug-likeness (QED) is 0.684. The lowest BCUT2D eigenvalue weighted by Crippen LogP contribution is -2.20. The van der Waals surface area contributed by atoms with Gasteiger partial charge in [0.2, 0.25) is 0 Å². The van der Waals surface area contributed by atoms with Crippen LogP contribution in [0.5, 0.6) is 0 Å². The number of benzene rings is 2. The molecule has 0 N–H and O–H groups in total. The molecule has 2 nitrogen and oxygen atoms in total. The minimum absolute atomic E-state index is 0.637. The fourth-order valence-corrected chi connectivity index (χ4v) is 2.79. The lowest BCUT2D eigenvalue weighted by atomic mass is 9.77. The van der Waals surface area contributed by atoms with Crippen LogP contribution in [-0.4, -0.2) is 4.57 Å². The van der Waals surface area contributed by atoms with E-state index in [9.17, 15) is 5.26 Å². The third kappa shape index (κ3) is 1.71. The lowest BCUT2D eigenvalue weighted by molar-refractivity contribution is 0.741. The van der Waals surface area contributed by atoms with E-state index in [1.807, 2.05) is 56.4 Å². The summed E-state index contributed by atoms with van der Waals surface area (Å²) in [6, 6.07) is 20.7. The number of para-hydroxylation sites is 1. The van der Waals surface area contributed by atoms with Crippen molar-refractivity contribution in [3.05, 3.63) is 71.9 Å². The van der Waals surface area contributed by atoms with Crippen LogP contribution in [0.2, 0.25) is 0 Å². The predicted molar refractivity (Wildman–Crippen MR) is 81.4 cm³/mol. The molecule has 1 atom stereocenters. The molecule has 0 spiro atoms. The van der Waals surface area contributed by atoms with Gasteiger partial charge in [-0.05, 0) is 18.6 Å². The summed E-state index contributed by atoms with van der Waals surface area (Å²) in [5.41, 5.74) is 2.60. The van der Waals surface area contributed by atoms with Crippen molar-refractivity contribution in [2.24, 2.45) is 7.05 Å². The van der Waals surface area contributed by atoms with E-state index in [1.54, 1.807) is 0 Å². The standard InChI is InChI=1S/C18H16N2/c1-18(13-19,14-8-4-3-5-9-14)16-12-20(2)17-11-7-6-10-15(16)17/h3-12H,1-2H3. The summed E-state index contributed by atoms with van der Waals surface area (Å²) < 4.78 is 2.09. The smallest absolute Gasteiger partial charge is 0.106 e. The molecule has 0 fully saturated rings. The highest BCUT2D eigenvalue weighted by molar-refractivity contribution is 5.86. The molecule has 1 unspecified atom stereocenters. The molecule has 0 aliphatic heterocycles. The predicted octanol–water partition coefficient (Wildman–Crippen LogP) is 4.01. The summed E-state index contributed by atoms with van der Waals surface area (Å²) >= 11 is 0.